The topological polar surface area (TPSA) is 54.0 Å². The van der Waals surface area contributed by atoms with Crippen LogP contribution in [0.4, 0.5) is 0 Å². The van der Waals surface area contributed by atoms with Gasteiger partial charge in [0, 0.05) is 34.4 Å². The molecule has 0 heterocycles. The molecular weight excluding hydrogens is 452 g/mol. The molecule has 0 aromatic heterocycles. The molecule has 4 aromatic carbocycles. The van der Waals surface area contributed by atoms with Crippen LogP contribution in [0.2, 0.25) is 0 Å². The molecule has 0 atom stereocenters. The van der Waals surface area contributed by atoms with Crippen molar-refractivity contribution in [3.8, 4) is 40.9 Å². The summed E-state index contributed by atoms with van der Waals surface area (Å²) in [5.74, 6) is 13.8. The monoisotopic (exact) mass is 476 g/mol. The van der Waals surface area contributed by atoms with Crippen LogP contribution >= 0.6 is 0 Å². The van der Waals surface area contributed by atoms with Crippen LogP contribution in [0.1, 0.15) is 32.6 Å². The maximum atomic E-state index is 11.9. The highest BCUT2D eigenvalue weighted by Gasteiger charge is 2.13. The van der Waals surface area contributed by atoms with Gasteiger partial charge in [0.1, 0.15) is 11.3 Å². The first-order chi connectivity index (χ1) is 17.6. The van der Waals surface area contributed by atoms with Crippen LogP contribution < -0.4 is 14.2 Å². The van der Waals surface area contributed by atoms with Crippen LogP contribution in [-0.2, 0) is 4.74 Å². The lowest BCUT2D eigenvalue weighted by Crippen LogP contribution is -2.04. The minimum absolute atomic E-state index is 0.332. The molecule has 5 nitrogen and oxygen atoms in total. The van der Waals surface area contributed by atoms with E-state index in [0.717, 1.165) is 16.3 Å². The number of methoxy groups -OCH3 is 4. The van der Waals surface area contributed by atoms with E-state index in [1.807, 2.05) is 24.3 Å². The molecule has 0 saturated carbocycles. The summed E-state index contributed by atoms with van der Waals surface area (Å²) in [4.78, 5) is 11.9. The van der Waals surface area contributed by atoms with Crippen molar-refractivity contribution in [2.75, 3.05) is 28.4 Å². The summed E-state index contributed by atoms with van der Waals surface area (Å²) in [6.07, 6.45) is 0. The highest BCUT2D eigenvalue weighted by Crippen LogP contribution is 2.30. The molecule has 5 heteroatoms. The zero-order valence-electron chi connectivity index (χ0n) is 20.5. The maximum Gasteiger partial charge on any atom is 0.341 e. The molecule has 0 N–H and O–H groups in total. The van der Waals surface area contributed by atoms with Crippen molar-refractivity contribution in [1.82, 2.24) is 0 Å². The summed E-state index contributed by atoms with van der Waals surface area (Å²) in [7, 11) is 5.98. The predicted molar refractivity (Wildman–Crippen MR) is 140 cm³/mol. The molecule has 0 aliphatic heterocycles. The van der Waals surface area contributed by atoms with E-state index in [1.165, 1.54) is 14.2 Å². The van der Waals surface area contributed by atoms with Gasteiger partial charge in [-0.1, -0.05) is 54.0 Å². The number of fused-ring (bicyclic) bond motifs is 1. The molecule has 0 aliphatic carbocycles. The zero-order valence-corrected chi connectivity index (χ0v) is 20.5. The third-order valence-corrected chi connectivity index (χ3v) is 5.56. The van der Waals surface area contributed by atoms with Crippen molar-refractivity contribution in [1.29, 1.82) is 0 Å². The van der Waals surface area contributed by atoms with E-state index in [1.54, 1.807) is 38.5 Å². The van der Waals surface area contributed by atoms with E-state index in [-0.39, 0.29) is 0 Å². The Hall–Kier alpha value is -4.87. The Morgan fingerprint density at radius 1 is 0.583 bits per heavy atom. The molecule has 0 amide bonds. The van der Waals surface area contributed by atoms with Gasteiger partial charge in [-0.15, -0.1) is 0 Å². The second kappa shape index (κ2) is 11.0. The van der Waals surface area contributed by atoms with Gasteiger partial charge in [0.05, 0.1) is 28.4 Å². The third-order valence-electron chi connectivity index (χ3n) is 5.56. The van der Waals surface area contributed by atoms with Crippen molar-refractivity contribution >= 4 is 16.7 Å². The number of benzene rings is 4. The van der Waals surface area contributed by atoms with Crippen molar-refractivity contribution in [3.63, 3.8) is 0 Å². The lowest BCUT2D eigenvalue weighted by atomic mass is 10.0. The van der Waals surface area contributed by atoms with Crippen molar-refractivity contribution in [2.24, 2.45) is 0 Å². The van der Waals surface area contributed by atoms with Crippen LogP contribution in [0.5, 0.6) is 17.2 Å². The predicted octanol–water partition coefficient (Wildman–Crippen LogP) is 5.45. The molecule has 0 unspecified atom stereocenters. The number of esters is 1. The van der Waals surface area contributed by atoms with Gasteiger partial charge in [0.2, 0.25) is 0 Å². The summed E-state index contributed by atoms with van der Waals surface area (Å²) in [6.45, 7) is 0. The fraction of sp³-hybridized carbons (Fsp3) is 0.129. The second-order valence-electron chi connectivity index (χ2n) is 7.72. The van der Waals surface area contributed by atoms with E-state index in [9.17, 15) is 4.79 Å². The standard InChI is InChI=1S/C31H24O5/c1-33-28-18-22(12-16-27(28)31(32)36-4)11-15-26-20-30(35-3)29(34-2)19-25(26)14-10-21-9-13-23-7-5-6-8-24(23)17-21/h5-9,12-13,16-20H,1-4H3. The molecule has 0 fully saturated rings. The Kier molecular flexibility index (Phi) is 7.44. The average molecular weight is 477 g/mol. The highest BCUT2D eigenvalue weighted by atomic mass is 16.5. The average Bonchev–Trinajstić information content (AvgIpc) is 2.93. The van der Waals surface area contributed by atoms with Crippen molar-refractivity contribution < 1.29 is 23.7 Å². The summed E-state index contributed by atoms with van der Waals surface area (Å²) in [6, 6.07) is 22.9. The number of carbonyl (C=O) groups excluding carboxylic acids is 1. The van der Waals surface area contributed by atoms with Crippen LogP contribution in [0.25, 0.3) is 10.8 Å². The third kappa shape index (κ3) is 5.27. The van der Waals surface area contributed by atoms with Gasteiger partial charge in [-0.2, -0.15) is 0 Å². The lowest BCUT2D eigenvalue weighted by Gasteiger charge is -2.09. The molecule has 0 spiro atoms. The van der Waals surface area contributed by atoms with Crippen LogP contribution in [0, 0.1) is 23.7 Å². The molecule has 0 radical (unpaired) electrons. The van der Waals surface area contributed by atoms with E-state index >= 15 is 0 Å². The molecule has 0 saturated heterocycles. The van der Waals surface area contributed by atoms with Gasteiger partial charge in [-0.3, -0.25) is 0 Å². The highest BCUT2D eigenvalue weighted by molar-refractivity contribution is 5.92. The smallest absolute Gasteiger partial charge is 0.341 e. The van der Waals surface area contributed by atoms with Crippen LogP contribution in [-0.4, -0.2) is 34.4 Å². The maximum absolute atomic E-state index is 11.9. The van der Waals surface area contributed by atoms with Gasteiger partial charge in [-0.05, 0) is 41.1 Å². The Labute approximate surface area is 210 Å². The Balaban J connectivity index is 1.76. The van der Waals surface area contributed by atoms with E-state index in [2.05, 4.69) is 47.9 Å². The van der Waals surface area contributed by atoms with Gasteiger partial charge in [-0.25, -0.2) is 4.79 Å². The first kappa shape index (κ1) is 24.3. The normalized spacial score (nSPS) is 9.89. The number of ether oxygens (including phenoxy) is 4. The molecule has 178 valence electrons. The quantitative estimate of drug-likeness (QED) is 0.290. The molecular formula is C31H24O5. The van der Waals surface area contributed by atoms with Gasteiger partial charge in [0.25, 0.3) is 0 Å². The molecule has 0 aliphatic rings. The number of carbonyl (C=O) groups is 1. The van der Waals surface area contributed by atoms with Crippen molar-refractivity contribution in [3.05, 3.63) is 101 Å². The zero-order chi connectivity index (χ0) is 25.5. The lowest BCUT2D eigenvalue weighted by molar-refractivity contribution is 0.0597. The Morgan fingerprint density at radius 3 is 1.72 bits per heavy atom. The first-order valence-electron chi connectivity index (χ1n) is 11.1. The van der Waals surface area contributed by atoms with Gasteiger partial charge in [0.15, 0.2) is 11.5 Å². The second-order valence-corrected chi connectivity index (χ2v) is 7.72. The van der Waals surface area contributed by atoms with Crippen molar-refractivity contribution in [2.45, 2.75) is 0 Å². The summed E-state index contributed by atoms with van der Waals surface area (Å²) in [5.41, 5.74) is 3.27. The first-order valence-corrected chi connectivity index (χ1v) is 11.1. The molecule has 0 bridgehead atoms. The van der Waals surface area contributed by atoms with E-state index < -0.39 is 5.97 Å². The fourth-order valence-electron chi connectivity index (χ4n) is 3.68. The Morgan fingerprint density at radius 2 is 1.14 bits per heavy atom. The van der Waals surface area contributed by atoms with Gasteiger partial charge >= 0.3 is 5.97 Å². The van der Waals surface area contributed by atoms with Crippen LogP contribution in [0.3, 0.4) is 0 Å². The van der Waals surface area contributed by atoms with E-state index in [0.29, 0.717) is 39.5 Å². The fourth-order valence-corrected chi connectivity index (χ4v) is 3.68. The minimum Gasteiger partial charge on any atom is -0.496 e. The Bertz CT molecular complexity index is 1560. The molecule has 4 rings (SSSR count). The summed E-state index contributed by atoms with van der Waals surface area (Å²) >= 11 is 0. The summed E-state index contributed by atoms with van der Waals surface area (Å²) < 4.78 is 21.1. The minimum atomic E-state index is -0.475. The van der Waals surface area contributed by atoms with Gasteiger partial charge < -0.3 is 18.9 Å². The number of hydrogen-bond acceptors (Lipinski definition) is 5. The molecule has 4 aromatic rings. The van der Waals surface area contributed by atoms with E-state index in [4.69, 9.17) is 18.9 Å². The number of hydrogen-bond donors (Lipinski definition) is 0. The number of rotatable bonds is 4. The van der Waals surface area contributed by atoms with Crippen LogP contribution in [0.15, 0.2) is 72.8 Å². The molecule has 36 heavy (non-hydrogen) atoms. The summed E-state index contributed by atoms with van der Waals surface area (Å²) in [5, 5.41) is 2.29. The largest absolute Gasteiger partial charge is 0.496 e. The SMILES string of the molecule is COC(=O)c1ccc(C#Cc2cc(OC)c(OC)cc2C#Cc2ccc3ccccc3c2)cc1OC.